The van der Waals surface area contributed by atoms with Crippen molar-refractivity contribution >= 4 is 36.0 Å². The summed E-state index contributed by atoms with van der Waals surface area (Å²) in [6.45, 7) is 4.50. The first-order chi connectivity index (χ1) is 12.3. The number of carbonyl (C=O) groups is 2. The molecule has 1 fully saturated rings. The van der Waals surface area contributed by atoms with E-state index in [1.54, 1.807) is 0 Å². The van der Waals surface area contributed by atoms with E-state index in [4.69, 9.17) is 11.6 Å². The molecule has 0 unspecified atom stereocenters. The number of rotatable bonds is 8. The van der Waals surface area contributed by atoms with E-state index >= 15 is 0 Å². The Morgan fingerprint density at radius 2 is 1.81 bits per heavy atom. The molecule has 1 aliphatic rings. The van der Waals surface area contributed by atoms with Gasteiger partial charge in [-0.1, -0.05) is 50.4 Å². The molecule has 0 spiro atoms. The number of amides is 2. The van der Waals surface area contributed by atoms with Crippen LogP contribution in [0.15, 0.2) is 24.3 Å². The van der Waals surface area contributed by atoms with Gasteiger partial charge in [0.15, 0.2) is 0 Å². The largest absolute Gasteiger partial charge is 0.354 e. The first-order valence-electron chi connectivity index (χ1n) is 9.37. The molecule has 6 heteroatoms. The number of benzene rings is 1. The molecule has 0 bridgehead atoms. The SMILES string of the molecule is CC(C)[C@H](S)C(=O)NC1(C(=O)NCCCc2ccc(Cl)cc2)CCCC1. The van der Waals surface area contributed by atoms with Crippen LogP contribution in [-0.2, 0) is 16.0 Å². The maximum atomic E-state index is 12.8. The van der Waals surface area contributed by atoms with Crippen molar-refractivity contribution in [3.63, 3.8) is 0 Å². The summed E-state index contributed by atoms with van der Waals surface area (Å²) in [5.74, 6) is -0.0930. The number of aryl methyl sites for hydroxylation is 1. The molecular formula is C20H29ClN2O2S. The Balaban J connectivity index is 1.85. The highest BCUT2D eigenvalue weighted by Gasteiger charge is 2.43. The molecule has 1 aromatic rings. The second-order valence-electron chi connectivity index (χ2n) is 7.45. The van der Waals surface area contributed by atoms with Gasteiger partial charge in [-0.15, -0.1) is 0 Å². The summed E-state index contributed by atoms with van der Waals surface area (Å²) in [6, 6.07) is 7.76. The number of halogens is 1. The molecule has 2 amide bonds. The predicted octanol–water partition coefficient (Wildman–Crippen LogP) is 3.77. The highest BCUT2D eigenvalue weighted by atomic mass is 35.5. The molecule has 1 aliphatic carbocycles. The van der Waals surface area contributed by atoms with Crippen LogP contribution in [0.1, 0.15) is 51.5 Å². The fourth-order valence-electron chi connectivity index (χ4n) is 3.31. The van der Waals surface area contributed by atoms with Crippen molar-refractivity contribution in [2.24, 2.45) is 5.92 Å². The summed E-state index contributed by atoms with van der Waals surface area (Å²) in [6.07, 6.45) is 5.02. The van der Waals surface area contributed by atoms with E-state index in [-0.39, 0.29) is 17.7 Å². The summed E-state index contributed by atoms with van der Waals surface area (Å²) in [7, 11) is 0. The standard InChI is InChI=1S/C20H29ClN2O2S/c1-14(2)17(26)18(24)23-20(11-3-4-12-20)19(25)22-13-5-6-15-7-9-16(21)10-8-15/h7-10,14,17,26H,3-6,11-13H2,1-2H3,(H,22,25)(H,23,24)/t17-/m0/s1. The Hall–Kier alpha value is -1.20. The molecule has 144 valence electrons. The quantitative estimate of drug-likeness (QED) is 0.462. The lowest BCUT2D eigenvalue weighted by atomic mass is 9.95. The minimum absolute atomic E-state index is 0.0660. The second kappa shape index (κ2) is 9.65. The number of carbonyl (C=O) groups excluding carboxylic acids is 2. The fourth-order valence-corrected chi connectivity index (χ4v) is 3.51. The molecule has 0 aliphatic heterocycles. The van der Waals surface area contributed by atoms with E-state index < -0.39 is 10.8 Å². The third-order valence-electron chi connectivity index (χ3n) is 5.00. The van der Waals surface area contributed by atoms with E-state index in [2.05, 4.69) is 23.3 Å². The van der Waals surface area contributed by atoms with E-state index in [1.165, 1.54) is 5.56 Å². The van der Waals surface area contributed by atoms with Crippen LogP contribution in [0.2, 0.25) is 5.02 Å². The topological polar surface area (TPSA) is 58.2 Å². The predicted molar refractivity (Wildman–Crippen MR) is 110 cm³/mol. The van der Waals surface area contributed by atoms with Crippen molar-refractivity contribution < 1.29 is 9.59 Å². The van der Waals surface area contributed by atoms with Crippen molar-refractivity contribution in [1.82, 2.24) is 10.6 Å². The number of hydrogen-bond donors (Lipinski definition) is 3. The fraction of sp³-hybridized carbons (Fsp3) is 0.600. The summed E-state index contributed by atoms with van der Waals surface area (Å²) in [4.78, 5) is 25.2. The summed E-state index contributed by atoms with van der Waals surface area (Å²) < 4.78 is 0. The zero-order chi connectivity index (χ0) is 19.2. The van der Waals surface area contributed by atoms with Crippen molar-refractivity contribution in [1.29, 1.82) is 0 Å². The first-order valence-corrected chi connectivity index (χ1v) is 10.3. The number of thiol groups is 1. The van der Waals surface area contributed by atoms with Crippen LogP contribution in [0.25, 0.3) is 0 Å². The molecule has 1 saturated carbocycles. The van der Waals surface area contributed by atoms with Crippen LogP contribution < -0.4 is 10.6 Å². The van der Waals surface area contributed by atoms with Gasteiger partial charge in [0.1, 0.15) is 5.54 Å². The molecule has 0 radical (unpaired) electrons. The maximum Gasteiger partial charge on any atom is 0.245 e. The Morgan fingerprint density at radius 1 is 1.19 bits per heavy atom. The lowest BCUT2D eigenvalue weighted by Crippen LogP contribution is -2.59. The van der Waals surface area contributed by atoms with Crippen LogP contribution in [-0.4, -0.2) is 29.1 Å². The third-order valence-corrected chi connectivity index (χ3v) is 6.08. The molecule has 1 atom stereocenters. The van der Waals surface area contributed by atoms with Crippen LogP contribution >= 0.6 is 24.2 Å². The molecule has 2 rings (SSSR count). The highest BCUT2D eigenvalue weighted by molar-refractivity contribution is 7.81. The average molecular weight is 397 g/mol. The lowest BCUT2D eigenvalue weighted by molar-refractivity contribution is -0.133. The van der Waals surface area contributed by atoms with Crippen LogP contribution in [0.4, 0.5) is 0 Å². The number of nitrogens with one attached hydrogen (secondary N) is 2. The smallest absolute Gasteiger partial charge is 0.245 e. The minimum atomic E-state index is -0.771. The van der Waals surface area contributed by atoms with E-state index in [0.29, 0.717) is 19.4 Å². The lowest BCUT2D eigenvalue weighted by Gasteiger charge is -2.31. The van der Waals surface area contributed by atoms with Gasteiger partial charge in [0.25, 0.3) is 0 Å². The van der Waals surface area contributed by atoms with Crippen molar-refractivity contribution in [2.75, 3.05) is 6.54 Å². The van der Waals surface area contributed by atoms with Gasteiger partial charge in [-0.25, -0.2) is 0 Å². The maximum absolute atomic E-state index is 12.8. The van der Waals surface area contributed by atoms with Gasteiger partial charge in [0.2, 0.25) is 11.8 Å². The average Bonchev–Trinajstić information content (AvgIpc) is 3.09. The normalized spacial score (nSPS) is 17.1. The molecule has 4 nitrogen and oxygen atoms in total. The number of hydrogen-bond acceptors (Lipinski definition) is 3. The minimum Gasteiger partial charge on any atom is -0.354 e. The van der Waals surface area contributed by atoms with Gasteiger partial charge in [0, 0.05) is 11.6 Å². The van der Waals surface area contributed by atoms with Crippen LogP contribution in [0.3, 0.4) is 0 Å². The first kappa shape index (κ1) is 21.1. The van der Waals surface area contributed by atoms with E-state index in [9.17, 15) is 9.59 Å². The third kappa shape index (κ3) is 5.65. The van der Waals surface area contributed by atoms with Gasteiger partial charge in [0.05, 0.1) is 5.25 Å². The highest BCUT2D eigenvalue weighted by Crippen LogP contribution is 2.30. The summed E-state index contributed by atoms with van der Waals surface area (Å²) >= 11 is 10.3. The molecule has 0 saturated heterocycles. The van der Waals surface area contributed by atoms with Crippen molar-refractivity contribution in [2.45, 2.75) is 63.2 Å². The molecule has 2 N–H and O–H groups in total. The molecule has 0 heterocycles. The van der Waals surface area contributed by atoms with Gasteiger partial charge >= 0.3 is 0 Å². The molecule has 0 aromatic heterocycles. The Morgan fingerprint density at radius 3 is 2.38 bits per heavy atom. The molecule has 26 heavy (non-hydrogen) atoms. The zero-order valence-electron chi connectivity index (χ0n) is 15.6. The van der Waals surface area contributed by atoms with Gasteiger partial charge < -0.3 is 10.6 Å². The molecule has 1 aromatic carbocycles. The zero-order valence-corrected chi connectivity index (χ0v) is 17.2. The molecular weight excluding hydrogens is 368 g/mol. The van der Waals surface area contributed by atoms with Gasteiger partial charge in [-0.2, -0.15) is 12.6 Å². The van der Waals surface area contributed by atoms with Crippen LogP contribution in [0.5, 0.6) is 0 Å². The Kier molecular flexibility index (Phi) is 7.84. The van der Waals surface area contributed by atoms with Crippen molar-refractivity contribution in [3.8, 4) is 0 Å². The summed E-state index contributed by atoms with van der Waals surface area (Å²) in [5, 5.41) is 6.34. The van der Waals surface area contributed by atoms with E-state index in [1.807, 2.05) is 38.1 Å². The van der Waals surface area contributed by atoms with Gasteiger partial charge in [-0.05, 0) is 49.3 Å². The Labute approximate surface area is 166 Å². The summed E-state index contributed by atoms with van der Waals surface area (Å²) in [5.41, 5.74) is 0.426. The monoisotopic (exact) mass is 396 g/mol. The van der Waals surface area contributed by atoms with Gasteiger partial charge in [-0.3, -0.25) is 9.59 Å². The van der Waals surface area contributed by atoms with E-state index in [0.717, 1.165) is 30.7 Å². The van der Waals surface area contributed by atoms with Crippen LogP contribution in [0, 0.1) is 5.92 Å². The van der Waals surface area contributed by atoms with Crippen molar-refractivity contribution in [3.05, 3.63) is 34.9 Å². The Bertz CT molecular complexity index is 613. The second-order valence-corrected chi connectivity index (χ2v) is 8.45.